The predicted molar refractivity (Wildman–Crippen MR) is 133 cm³/mol. The Labute approximate surface area is 201 Å². The van der Waals surface area contributed by atoms with Crippen molar-refractivity contribution >= 4 is 28.0 Å². The van der Waals surface area contributed by atoms with Crippen molar-refractivity contribution in [1.29, 1.82) is 0 Å². The van der Waals surface area contributed by atoms with E-state index in [0.717, 1.165) is 27.7 Å². The lowest BCUT2D eigenvalue weighted by atomic mass is 10.2. The number of para-hydroxylation sites is 2. The number of thiazole rings is 1. The van der Waals surface area contributed by atoms with Gasteiger partial charge in [-0.2, -0.15) is 0 Å². The van der Waals surface area contributed by atoms with Crippen molar-refractivity contribution in [2.45, 2.75) is 13.0 Å². The number of amides is 2. The van der Waals surface area contributed by atoms with Crippen LogP contribution in [0.2, 0.25) is 0 Å². The van der Waals surface area contributed by atoms with Crippen LogP contribution in [0.4, 0.5) is 10.5 Å². The van der Waals surface area contributed by atoms with E-state index in [4.69, 9.17) is 14.1 Å². The molecule has 34 heavy (non-hydrogen) atoms. The highest BCUT2D eigenvalue weighted by atomic mass is 32.1. The Morgan fingerprint density at radius 1 is 1.12 bits per heavy atom. The van der Waals surface area contributed by atoms with Crippen LogP contribution in [0.5, 0.6) is 5.75 Å². The Bertz CT molecular complexity index is 1380. The van der Waals surface area contributed by atoms with E-state index in [0.29, 0.717) is 30.9 Å². The average molecular weight is 473 g/mol. The maximum absolute atomic E-state index is 13.2. The number of carbonyl (C=O) groups is 1. The smallest absolute Gasteiger partial charge is 0.322 e. The monoisotopic (exact) mass is 472 g/mol. The lowest BCUT2D eigenvalue weighted by molar-refractivity contribution is 0.204. The summed E-state index contributed by atoms with van der Waals surface area (Å²) in [6.45, 7) is 0.868. The van der Waals surface area contributed by atoms with Gasteiger partial charge in [-0.3, -0.25) is 4.40 Å². The lowest BCUT2D eigenvalue weighted by Crippen LogP contribution is -2.36. The highest BCUT2D eigenvalue weighted by Gasteiger charge is 2.18. The average Bonchev–Trinajstić information content (AvgIpc) is 3.61. The molecule has 172 valence electrons. The highest BCUT2D eigenvalue weighted by molar-refractivity contribution is 7.15. The summed E-state index contributed by atoms with van der Waals surface area (Å²) in [6.07, 6.45) is 4.34. The molecular weight excluding hydrogens is 448 g/mol. The van der Waals surface area contributed by atoms with Gasteiger partial charge in [0.2, 0.25) is 0 Å². The van der Waals surface area contributed by atoms with E-state index in [1.54, 1.807) is 29.6 Å². The molecule has 0 aliphatic heterocycles. The number of imidazole rings is 1. The number of benzene rings is 2. The first-order valence-electron chi connectivity index (χ1n) is 10.9. The lowest BCUT2D eigenvalue weighted by Gasteiger charge is -2.22. The summed E-state index contributed by atoms with van der Waals surface area (Å²) in [4.78, 5) is 20.7. The molecule has 2 amide bonds. The first-order chi connectivity index (χ1) is 16.7. The number of anilines is 1. The van der Waals surface area contributed by atoms with Crippen molar-refractivity contribution in [3.8, 4) is 17.0 Å². The minimum Gasteiger partial charge on any atom is -0.495 e. The second-order valence-corrected chi connectivity index (χ2v) is 8.59. The fraction of sp³-hybridized carbons (Fsp3) is 0.154. The third-order valence-electron chi connectivity index (χ3n) is 5.55. The van der Waals surface area contributed by atoms with Gasteiger partial charge in [-0.05, 0) is 24.3 Å². The van der Waals surface area contributed by atoms with Crippen LogP contribution in [0.3, 0.4) is 0 Å². The number of nitrogens with one attached hydrogen (secondary N) is 1. The summed E-state index contributed by atoms with van der Waals surface area (Å²) in [5.74, 6) is 1.33. The van der Waals surface area contributed by atoms with Crippen LogP contribution in [0.25, 0.3) is 16.2 Å². The first-order valence-corrected chi connectivity index (χ1v) is 11.8. The van der Waals surface area contributed by atoms with Gasteiger partial charge in [0.15, 0.2) is 4.96 Å². The van der Waals surface area contributed by atoms with Gasteiger partial charge < -0.3 is 19.4 Å². The topological polar surface area (TPSA) is 72.0 Å². The molecule has 0 aliphatic carbocycles. The molecule has 8 heteroatoms. The third-order valence-corrected chi connectivity index (χ3v) is 6.44. The van der Waals surface area contributed by atoms with Crippen molar-refractivity contribution in [3.63, 3.8) is 0 Å². The molecule has 3 aromatic heterocycles. The molecule has 0 bridgehead atoms. The second-order valence-electron chi connectivity index (χ2n) is 7.75. The van der Waals surface area contributed by atoms with Crippen LogP contribution < -0.4 is 10.1 Å². The number of hydrogen-bond acceptors (Lipinski definition) is 5. The Hall–Kier alpha value is -4.04. The maximum Gasteiger partial charge on any atom is 0.322 e. The number of fused-ring (bicyclic) bond motifs is 1. The molecule has 0 unspecified atom stereocenters. The predicted octanol–water partition coefficient (Wildman–Crippen LogP) is 5.94. The second kappa shape index (κ2) is 9.84. The van der Waals surface area contributed by atoms with Gasteiger partial charge in [0.05, 0.1) is 31.3 Å². The van der Waals surface area contributed by atoms with E-state index in [1.807, 2.05) is 54.6 Å². The zero-order valence-corrected chi connectivity index (χ0v) is 19.5. The molecule has 5 aromatic rings. The van der Waals surface area contributed by atoms with Crippen molar-refractivity contribution in [2.75, 3.05) is 19.0 Å². The van der Waals surface area contributed by atoms with Crippen molar-refractivity contribution in [3.05, 3.63) is 96.0 Å². The molecule has 7 nitrogen and oxygen atoms in total. The molecule has 5 rings (SSSR count). The Morgan fingerprint density at radius 3 is 2.74 bits per heavy atom. The molecule has 0 fully saturated rings. The quantitative estimate of drug-likeness (QED) is 0.303. The van der Waals surface area contributed by atoms with Crippen molar-refractivity contribution < 1.29 is 13.9 Å². The molecule has 0 atom stereocenters. The number of carbonyl (C=O) groups excluding carboxylic acids is 1. The van der Waals surface area contributed by atoms with E-state index >= 15 is 0 Å². The van der Waals surface area contributed by atoms with Gasteiger partial charge in [-0.1, -0.05) is 42.5 Å². The fourth-order valence-corrected chi connectivity index (χ4v) is 4.70. The van der Waals surface area contributed by atoms with E-state index in [1.165, 1.54) is 0 Å². The van der Waals surface area contributed by atoms with Gasteiger partial charge in [-0.15, -0.1) is 11.3 Å². The van der Waals surface area contributed by atoms with Gasteiger partial charge in [-0.25, -0.2) is 9.78 Å². The summed E-state index contributed by atoms with van der Waals surface area (Å²) in [7, 11) is 1.59. The third kappa shape index (κ3) is 4.67. The SMILES string of the molecule is COc1ccccc1NC(=O)N(CCc1csc2nc(-c3ccccc3)cn12)Cc1ccco1. The van der Waals surface area contributed by atoms with Gasteiger partial charge in [0.25, 0.3) is 0 Å². The van der Waals surface area contributed by atoms with Crippen LogP contribution in [0.1, 0.15) is 11.5 Å². The Balaban J connectivity index is 1.35. The zero-order chi connectivity index (χ0) is 23.3. The molecule has 0 saturated carbocycles. The van der Waals surface area contributed by atoms with Crippen LogP contribution in [-0.4, -0.2) is 34.0 Å². The summed E-state index contributed by atoms with van der Waals surface area (Å²) in [6, 6.07) is 21.0. The number of hydrogen-bond donors (Lipinski definition) is 1. The van der Waals surface area contributed by atoms with Gasteiger partial charge >= 0.3 is 6.03 Å². The van der Waals surface area contributed by atoms with E-state index in [9.17, 15) is 4.79 Å². The number of aromatic nitrogens is 2. The van der Waals surface area contributed by atoms with Crippen LogP contribution >= 0.6 is 11.3 Å². The summed E-state index contributed by atoms with van der Waals surface area (Å²) in [5, 5.41) is 5.07. The minimum absolute atomic E-state index is 0.219. The van der Waals surface area contributed by atoms with Crippen LogP contribution in [0, 0.1) is 0 Å². The summed E-state index contributed by atoms with van der Waals surface area (Å²) < 4.78 is 13.0. The van der Waals surface area contributed by atoms with Crippen LogP contribution in [-0.2, 0) is 13.0 Å². The largest absolute Gasteiger partial charge is 0.495 e. The number of furan rings is 1. The highest BCUT2D eigenvalue weighted by Crippen LogP contribution is 2.25. The number of ether oxygens (including phenoxy) is 1. The normalized spacial score (nSPS) is 11.0. The van der Waals surface area contributed by atoms with Gasteiger partial charge in [0, 0.05) is 35.8 Å². The van der Waals surface area contributed by atoms with Crippen molar-refractivity contribution in [1.82, 2.24) is 14.3 Å². The van der Waals surface area contributed by atoms with E-state index < -0.39 is 0 Å². The molecular formula is C26H24N4O3S. The number of urea groups is 1. The molecule has 2 aromatic carbocycles. The Kier molecular flexibility index (Phi) is 6.31. The van der Waals surface area contributed by atoms with E-state index in [2.05, 4.69) is 33.4 Å². The molecule has 0 aliphatic rings. The van der Waals surface area contributed by atoms with Crippen molar-refractivity contribution in [2.24, 2.45) is 0 Å². The number of rotatable bonds is 8. The maximum atomic E-state index is 13.2. The van der Waals surface area contributed by atoms with Crippen LogP contribution in [0.15, 0.2) is 89.0 Å². The van der Waals surface area contributed by atoms with E-state index in [-0.39, 0.29) is 6.03 Å². The molecule has 0 radical (unpaired) electrons. The molecule has 1 N–H and O–H groups in total. The molecule has 0 spiro atoms. The summed E-state index contributed by atoms with van der Waals surface area (Å²) in [5.41, 5.74) is 3.75. The van der Waals surface area contributed by atoms with Gasteiger partial charge in [0.1, 0.15) is 11.5 Å². The molecule has 3 heterocycles. The number of methoxy groups -OCH3 is 1. The Morgan fingerprint density at radius 2 is 1.94 bits per heavy atom. The minimum atomic E-state index is -0.219. The standard InChI is InChI=1S/C26H24N4O3S/c1-32-24-12-6-5-11-22(24)27-25(31)29(16-21-10-7-15-33-21)14-13-20-18-34-26-28-23(17-30(20)26)19-8-3-2-4-9-19/h2-12,15,17-18H,13-14,16H2,1H3,(H,27,31). The zero-order valence-electron chi connectivity index (χ0n) is 18.7. The molecule has 0 saturated heterocycles. The first kappa shape index (κ1) is 21.8. The summed E-state index contributed by atoms with van der Waals surface area (Å²) >= 11 is 1.60. The number of nitrogens with zero attached hydrogens (tertiary/aromatic N) is 3. The fourth-order valence-electron chi connectivity index (χ4n) is 3.79.